The highest BCUT2D eigenvalue weighted by atomic mass is 16.2. The number of urea groups is 1. The Bertz CT molecular complexity index is 705. The smallest absolute Gasteiger partial charge is 0.344 e. The second-order valence-corrected chi connectivity index (χ2v) is 7.32. The topological polar surface area (TPSA) is 82.1 Å². The van der Waals surface area contributed by atoms with Gasteiger partial charge in [0.25, 0.3) is 0 Å². The van der Waals surface area contributed by atoms with Crippen molar-refractivity contribution >= 4 is 6.03 Å². The molecular weight excluding hydrogens is 328 g/mol. The van der Waals surface area contributed by atoms with Gasteiger partial charge in [-0.25, -0.2) is 9.80 Å². The van der Waals surface area contributed by atoms with Crippen molar-refractivity contribution in [3.05, 3.63) is 47.4 Å². The first kappa shape index (κ1) is 17.2. The SMILES string of the molecule is NCc1ccccc1CN1C(=O)N2CCCN2C=C1N1CCCC(N)C1. The summed E-state index contributed by atoms with van der Waals surface area (Å²) in [7, 11) is 0. The van der Waals surface area contributed by atoms with Gasteiger partial charge in [0.15, 0.2) is 0 Å². The molecule has 1 atom stereocenters. The summed E-state index contributed by atoms with van der Waals surface area (Å²) in [5, 5.41) is 3.90. The predicted molar refractivity (Wildman–Crippen MR) is 100 cm³/mol. The van der Waals surface area contributed by atoms with Crippen LogP contribution < -0.4 is 11.5 Å². The number of hydrogen-bond donors (Lipinski definition) is 2. The van der Waals surface area contributed by atoms with E-state index in [0.717, 1.165) is 62.4 Å². The molecule has 7 nitrogen and oxygen atoms in total. The van der Waals surface area contributed by atoms with Crippen LogP contribution in [0.2, 0.25) is 0 Å². The molecule has 4 rings (SSSR count). The van der Waals surface area contributed by atoms with E-state index >= 15 is 0 Å². The fourth-order valence-electron chi connectivity index (χ4n) is 4.11. The standard InChI is InChI=1S/C19H28N6O/c20-11-15-5-1-2-6-16(15)12-24-18(22-8-3-7-17(21)13-22)14-23-9-4-10-25(23)19(24)26/h1-2,5-6,14,17H,3-4,7-13,20-21H2. The van der Waals surface area contributed by atoms with Gasteiger partial charge in [0.1, 0.15) is 5.82 Å². The van der Waals surface area contributed by atoms with Crippen LogP contribution >= 0.6 is 0 Å². The summed E-state index contributed by atoms with van der Waals surface area (Å²) in [4.78, 5) is 17.4. The lowest BCUT2D eigenvalue weighted by Crippen LogP contribution is -2.55. The lowest BCUT2D eigenvalue weighted by molar-refractivity contribution is 0.0447. The van der Waals surface area contributed by atoms with Gasteiger partial charge in [0, 0.05) is 38.8 Å². The maximum atomic E-state index is 13.2. The van der Waals surface area contributed by atoms with Crippen LogP contribution in [-0.4, -0.2) is 58.1 Å². The Morgan fingerprint density at radius 3 is 2.65 bits per heavy atom. The lowest BCUT2D eigenvalue weighted by atomic mass is 10.1. The number of likely N-dealkylation sites (tertiary alicyclic amines) is 1. The zero-order chi connectivity index (χ0) is 18.1. The third-order valence-electron chi connectivity index (χ3n) is 5.51. The van der Waals surface area contributed by atoms with Gasteiger partial charge >= 0.3 is 6.03 Å². The average Bonchev–Trinajstić information content (AvgIpc) is 3.13. The van der Waals surface area contributed by atoms with Gasteiger partial charge < -0.3 is 16.4 Å². The van der Waals surface area contributed by atoms with E-state index in [1.165, 1.54) is 0 Å². The minimum Gasteiger partial charge on any atom is -0.355 e. The third kappa shape index (κ3) is 3.12. The molecule has 0 saturated carbocycles. The van der Waals surface area contributed by atoms with Crippen molar-refractivity contribution in [2.45, 2.75) is 38.4 Å². The van der Waals surface area contributed by atoms with Gasteiger partial charge in [-0.2, -0.15) is 0 Å². The van der Waals surface area contributed by atoms with Crippen molar-refractivity contribution in [1.82, 2.24) is 19.8 Å². The molecule has 26 heavy (non-hydrogen) atoms. The molecule has 0 aromatic heterocycles. The van der Waals surface area contributed by atoms with E-state index in [0.29, 0.717) is 13.1 Å². The summed E-state index contributed by atoms with van der Waals surface area (Å²) >= 11 is 0. The van der Waals surface area contributed by atoms with E-state index in [4.69, 9.17) is 11.5 Å². The van der Waals surface area contributed by atoms with Crippen LogP contribution in [0.3, 0.4) is 0 Å². The molecule has 1 aromatic carbocycles. The molecule has 2 amide bonds. The Morgan fingerprint density at radius 2 is 1.88 bits per heavy atom. The monoisotopic (exact) mass is 356 g/mol. The highest BCUT2D eigenvalue weighted by Crippen LogP contribution is 2.29. The molecule has 3 heterocycles. The van der Waals surface area contributed by atoms with Gasteiger partial charge in [0.05, 0.1) is 12.7 Å². The van der Waals surface area contributed by atoms with Crippen molar-refractivity contribution in [2.75, 3.05) is 26.2 Å². The number of amides is 2. The fourth-order valence-corrected chi connectivity index (χ4v) is 4.11. The highest BCUT2D eigenvalue weighted by Gasteiger charge is 2.38. The minimum absolute atomic E-state index is 0.0472. The fraction of sp³-hybridized carbons (Fsp3) is 0.526. The van der Waals surface area contributed by atoms with Gasteiger partial charge in [0.2, 0.25) is 0 Å². The summed E-state index contributed by atoms with van der Waals surface area (Å²) in [5.41, 5.74) is 14.3. The van der Waals surface area contributed by atoms with Crippen LogP contribution in [0.4, 0.5) is 4.79 Å². The van der Waals surface area contributed by atoms with E-state index in [2.05, 4.69) is 22.2 Å². The highest BCUT2D eigenvalue weighted by molar-refractivity contribution is 5.77. The molecule has 2 fully saturated rings. The number of nitrogens with two attached hydrogens (primary N) is 2. The molecule has 4 N–H and O–H groups in total. The van der Waals surface area contributed by atoms with Crippen LogP contribution in [0.1, 0.15) is 30.4 Å². The molecule has 3 aliphatic heterocycles. The van der Waals surface area contributed by atoms with Crippen molar-refractivity contribution in [3.8, 4) is 0 Å². The molecule has 0 radical (unpaired) electrons. The van der Waals surface area contributed by atoms with Crippen LogP contribution in [-0.2, 0) is 13.1 Å². The summed E-state index contributed by atoms with van der Waals surface area (Å²) in [5.74, 6) is 0.968. The van der Waals surface area contributed by atoms with Crippen molar-refractivity contribution in [2.24, 2.45) is 11.5 Å². The first-order chi connectivity index (χ1) is 12.7. The number of hydrazine groups is 1. The number of nitrogens with zero attached hydrogens (tertiary/aromatic N) is 4. The summed E-state index contributed by atoms with van der Waals surface area (Å²) < 4.78 is 0. The zero-order valence-electron chi connectivity index (χ0n) is 15.2. The van der Waals surface area contributed by atoms with Crippen molar-refractivity contribution < 1.29 is 4.79 Å². The lowest BCUT2D eigenvalue weighted by Gasteiger charge is -2.45. The number of carbonyl (C=O) groups excluding carboxylic acids is 1. The third-order valence-corrected chi connectivity index (χ3v) is 5.51. The van der Waals surface area contributed by atoms with Crippen LogP contribution in [0.5, 0.6) is 0 Å². The van der Waals surface area contributed by atoms with E-state index < -0.39 is 0 Å². The number of piperidine rings is 1. The maximum Gasteiger partial charge on any atom is 0.344 e. The Morgan fingerprint density at radius 1 is 1.08 bits per heavy atom. The molecule has 1 unspecified atom stereocenters. The Hall–Kier alpha value is -2.25. The molecule has 140 valence electrons. The predicted octanol–water partition coefficient (Wildman–Crippen LogP) is 1.23. The number of carbonyl (C=O) groups is 1. The van der Waals surface area contributed by atoms with Gasteiger partial charge in [-0.15, -0.1) is 0 Å². The number of benzene rings is 1. The molecule has 0 spiro atoms. The molecule has 1 aromatic rings. The summed E-state index contributed by atoms with van der Waals surface area (Å²) in [6.07, 6.45) is 5.23. The largest absolute Gasteiger partial charge is 0.355 e. The maximum absolute atomic E-state index is 13.2. The normalized spacial score (nSPS) is 23.4. The van der Waals surface area contributed by atoms with E-state index in [1.54, 1.807) is 0 Å². The number of rotatable bonds is 4. The second kappa shape index (κ2) is 7.17. The average molecular weight is 356 g/mol. The molecule has 7 heteroatoms. The minimum atomic E-state index is 0.0472. The Balaban J connectivity index is 1.66. The van der Waals surface area contributed by atoms with Crippen LogP contribution in [0, 0.1) is 0 Å². The van der Waals surface area contributed by atoms with Crippen molar-refractivity contribution in [1.29, 1.82) is 0 Å². The summed E-state index contributed by atoms with van der Waals surface area (Å²) in [6.45, 7) is 4.41. The molecule has 3 aliphatic rings. The van der Waals surface area contributed by atoms with Gasteiger partial charge in [-0.05, 0) is 30.4 Å². The second-order valence-electron chi connectivity index (χ2n) is 7.32. The van der Waals surface area contributed by atoms with Crippen LogP contribution in [0.15, 0.2) is 36.3 Å². The van der Waals surface area contributed by atoms with Crippen molar-refractivity contribution in [3.63, 3.8) is 0 Å². The number of hydrogen-bond acceptors (Lipinski definition) is 5. The van der Waals surface area contributed by atoms with Gasteiger partial charge in [-0.3, -0.25) is 9.91 Å². The summed E-state index contributed by atoms with van der Waals surface area (Å²) in [6, 6.07) is 8.30. The first-order valence-corrected chi connectivity index (χ1v) is 9.52. The quantitative estimate of drug-likeness (QED) is 0.848. The molecular formula is C19H28N6O. The molecule has 2 saturated heterocycles. The Kier molecular flexibility index (Phi) is 4.74. The van der Waals surface area contributed by atoms with Crippen LogP contribution in [0.25, 0.3) is 0 Å². The van der Waals surface area contributed by atoms with E-state index in [9.17, 15) is 4.79 Å². The number of fused-ring (bicyclic) bond motifs is 1. The first-order valence-electron chi connectivity index (χ1n) is 9.52. The Labute approximate surface area is 154 Å². The van der Waals surface area contributed by atoms with E-state index in [1.807, 2.05) is 28.1 Å². The molecule has 0 bridgehead atoms. The van der Waals surface area contributed by atoms with E-state index in [-0.39, 0.29) is 12.1 Å². The zero-order valence-corrected chi connectivity index (χ0v) is 15.2. The molecule has 0 aliphatic carbocycles. The van der Waals surface area contributed by atoms with Gasteiger partial charge in [-0.1, -0.05) is 24.3 Å².